The predicted molar refractivity (Wildman–Crippen MR) is 74.5 cm³/mol. The summed E-state index contributed by atoms with van der Waals surface area (Å²) >= 11 is 0. The molecule has 1 fully saturated rings. The summed E-state index contributed by atoms with van der Waals surface area (Å²) in [6.45, 7) is 5.25. The minimum absolute atomic E-state index is 0.0161. The number of nitrogens with zero attached hydrogens (tertiary/aromatic N) is 2. The van der Waals surface area contributed by atoms with Crippen molar-refractivity contribution in [2.75, 3.05) is 19.7 Å². The van der Waals surface area contributed by atoms with E-state index in [0.717, 1.165) is 49.2 Å². The van der Waals surface area contributed by atoms with Gasteiger partial charge in [-0.25, -0.2) is 4.79 Å². The molecular formula is C14H23N3O3. The summed E-state index contributed by atoms with van der Waals surface area (Å²) in [6, 6.07) is -0.0853. The number of hydrogen-bond donors (Lipinski definition) is 2. The molecule has 2 N–H and O–H groups in total. The van der Waals surface area contributed by atoms with E-state index in [9.17, 15) is 9.90 Å². The molecule has 1 aromatic heterocycles. The molecule has 20 heavy (non-hydrogen) atoms. The molecule has 0 aromatic carbocycles. The Labute approximate surface area is 119 Å². The number of aliphatic hydroxyl groups is 1. The molecule has 0 saturated carbocycles. The van der Waals surface area contributed by atoms with Gasteiger partial charge in [-0.2, -0.15) is 0 Å². The molecule has 0 unspecified atom stereocenters. The number of carbonyl (C=O) groups excluding carboxylic acids is 1. The molecule has 112 valence electrons. The molecule has 1 atom stereocenters. The number of aliphatic hydroxyl groups excluding tert-OH is 1. The van der Waals surface area contributed by atoms with Crippen molar-refractivity contribution in [1.29, 1.82) is 0 Å². The van der Waals surface area contributed by atoms with Crippen molar-refractivity contribution in [2.24, 2.45) is 0 Å². The summed E-state index contributed by atoms with van der Waals surface area (Å²) in [6.07, 6.45) is 3.57. The summed E-state index contributed by atoms with van der Waals surface area (Å²) < 4.78 is 5.11. The van der Waals surface area contributed by atoms with E-state index in [2.05, 4.69) is 10.5 Å². The first-order chi connectivity index (χ1) is 9.63. The van der Waals surface area contributed by atoms with Crippen molar-refractivity contribution < 1.29 is 14.4 Å². The van der Waals surface area contributed by atoms with Crippen LogP contribution in [-0.2, 0) is 6.42 Å². The Balaban J connectivity index is 1.72. The lowest BCUT2D eigenvalue weighted by Crippen LogP contribution is -2.44. The van der Waals surface area contributed by atoms with Crippen LogP contribution < -0.4 is 5.32 Å². The highest BCUT2D eigenvalue weighted by atomic mass is 16.5. The van der Waals surface area contributed by atoms with Crippen LogP contribution in [0.5, 0.6) is 0 Å². The Hall–Kier alpha value is -1.56. The zero-order valence-electron chi connectivity index (χ0n) is 12.2. The first kappa shape index (κ1) is 14.8. The van der Waals surface area contributed by atoms with Gasteiger partial charge in [0.2, 0.25) is 0 Å². The Bertz CT molecular complexity index is 439. The molecule has 0 spiro atoms. The van der Waals surface area contributed by atoms with Crippen LogP contribution in [0.4, 0.5) is 4.79 Å². The van der Waals surface area contributed by atoms with Gasteiger partial charge in [-0.05, 0) is 39.5 Å². The highest BCUT2D eigenvalue weighted by Gasteiger charge is 2.27. The Morgan fingerprint density at radius 3 is 3.00 bits per heavy atom. The largest absolute Gasteiger partial charge is 0.394 e. The van der Waals surface area contributed by atoms with Crippen LogP contribution >= 0.6 is 0 Å². The van der Waals surface area contributed by atoms with Crippen LogP contribution in [0.3, 0.4) is 0 Å². The maximum atomic E-state index is 12.0. The monoisotopic (exact) mass is 281 g/mol. The highest BCUT2D eigenvalue weighted by Crippen LogP contribution is 2.17. The average Bonchev–Trinajstić information content (AvgIpc) is 3.03. The Morgan fingerprint density at radius 1 is 1.55 bits per heavy atom. The normalized spacial score (nSPS) is 18.6. The number of nitrogens with one attached hydrogen (secondary N) is 1. The summed E-state index contributed by atoms with van der Waals surface area (Å²) in [7, 11) is 0. The van der Waals surface area contributed by atoms with Crippen molar-refractivity contribution in [2.45, 2.75) is 45.6 Å². The third kappa shape index (κ3) is 3.30. The predicted octanol–water partition coefficient (Wildman–Crippen LogP) is 1.39. The number of aromatic nitrogens is 1. The minimum atomic E-state index is -0.0692. The first-order valence-corrected chi connectivity index (χ1v) is 7.20. The molecule has 1 aromatic rings. The van der Waals surface area contributed by atoms with Gasteiger partial charge in [-0.1, -0.05) is 5.16 Å². The van der Waals surface area contributed by atoms with Gasteiger partial charge in [0.1, 0.15) is 5.76 Å². The Kier molecular flexibility index (Phi) is 5.00. The van der Waals surface area contributed by atoms with Gasteiger partial charge in [0, 0.05) is 18.7 Å². The Morgan fingerprint density at radius 2 is 2.35 bits per heavy atom. The van der Waals surface area contributed by atoms with Gasteiger partial charge in [-0.3, -0.25) is 0 Å². The molecule has 6 nitrogen and oxygen atoms in total. The summed E-state index contributed by atoms with van der Waals surface area (Å²) in [5.41, 5.74) is 2.06. The summed E-state index contributed by atoms with van der Waals surface area (Å²) in [5, 5.41) is 16.0. The van der Waals surface area contributed by atoms with Gasteiger partial charge < -0.3 is 19.8 Å². The molecule has 1 saturated heterocycles. The van der Waals surface area contributed by atoms with Crippen molar-refractivity contribution in [3.63, 3.8) is 0 Å². The minimum Gasteiger partial charge on any atom is -0.394 e. The van der Waals surface area contributed by atoms with Gasteiger partial charge in [-0.15, -0.1) is 0 Å². The van der Waals surface area contributed by atoms with E-state index >= 15 is 0 Å². The second-order valence-electron chi connectivity index (χ2n) is 5.31. The van der Waals surface area contributed by atoms with Crippen molar-refractivity contribution in [1.82, 2.24) is 15.4 Å². The number of likely N-dealkylation sites (tertiary alicyclic amines) is 1. The van der Waals surface area contributed by atoms with Crippen molar-refractivity contribution in [3.05, 3.63) is 17.0 Å². The van der Waals surface area contributed by atoms with Crippen LogP contribution in [0, 0.1) is 13.8 Å². The number of urea groups is 1. The van der Waals surface area contributed by atoms with E-state index in [1.165, 1.54) is 0 Å². The van der Waals surface area contributed by atoms with Crippen LogP contribution in [-0.4, -0.2) is 46.9 Å². The molecule has 2 rings (SSSR count). The number of aryl methyl sites for hydroxylation is 2. The van der Waals surface area contributed by atoms with Gasteiger partial charge >= 0.3 is 6.03 Å². The second-order valence-corrected chi connectivity index (χ2v) is 5.31. The van der Waals surface area contributed by atoms with E-state index in [0.29, 0.717) is 6.54 Å². The van der Waals surface area contributed by atoms with Crippen LogP contribution in [0.2, 0.25) is 0 Å². The second kappa shape index (κ2) is 6.74. The van der Waals surface area contributed by atoms with E-state index in [4.69, 9.17) is 4.52 Å². The fraction of sp³-hybridized carbons (Fsp3) is 0.714. The molecule has 1 aliphatic rings. The van der Waals surface area contributed by atoms with E-state index in [1.54, 1.807) is 4.90 Å². The number of hydrogen-bond acceptors (Lipinski definition) is 4. The molecule has 0 radical (unpaired) electrons. The van der Waals surface area contributed by atoms with Crippen LogP contribution in [0.25, 0.3) is 0 Å². The molecule has 0 aliphatic carbocycles. The average molecular weight is 281 g/mol. The highest BCUT2D eigenvalue weighted by molar-refractivity contribution is 5.74. The molecular weight excluding hydrogens is 258 g/mol. The quantitative estimate of drug-likeness (QED) is 0.799. The van der Waals surface area contributed by atoms with E-state index < -0.39 is 0 Å². The number of amides is 2. The lowest BCUT2D eigenvalue weighted by Gasteiger charge is -2.23. The van der Waals surface area contributed by atoms with Crippen LogP contribution in [0.15, 0.2) is 4.52 Å². The fourth-order valence-corrected chi connectivity index (χ4v) is 2.71. The fourth-order valence-electron chi connectivity index (χ4n) is 2.71. The molecule has 0 bridgehead atoms. The lowest BCUT2D eigenvalue weighted by atomic mass is 10.1. The van der Waals surface area contributed by atoms with Crippen LogP contribution in [0.1, 0.15) is 36.3 Å². The van der Waals surface area contributed by atoms with Crippen molar-refractivity contribution >= 4 is 6.03 Å². The third-order valence-corrected chi connectivity index (χ3v) is 3.91. The zero-order chi connectivity index (χ0) is 14.5. The third-order valence-electron chi connectivity index (χ3n) is 3.91. The lowest BCUT2D eigenvalue weighted by molar-refractivity contribution is 0.157. The smallest absolute Gasteiger partial charge is 0.317 e. The molecule has 2 amide bonds. The van der Waals surface area contributed by atoms with E-state index in [1.807, 2.05) is 13.8 Å². The molecule has 2 heterocycles. The van der Waals surface area contributed by atoms with E-state index in [-0.39, 0.29) is 18.7 Å². The van der Waals surface area contributed by atoms with Gasteiger partial charge in [0.15, 0.2) is 0 Å². The maximum Gasteiger partial charge on any atom is 0.317 e. The molecule has 6 heteroatoms. The summed E-state index contributed by atoms with van der Waals surface area (Å²) in [4.78, 5) is 13.7. The van der Waals surface area contributed by atoms with Gasteiger partial charge in [0.25, 0.3) is 0 Å². The first-order valence-electron chi connectivity index (χ1n) is 7.20. The number of carbonyl (C=O) groups is 1. The maximum absolute atomic E-state index is 12.0. The SMILES string of the molecule is Cc1noc(C)c1CCCNC(=O)N1CCC[C@H]1CO. The zero-order valence-corrected chi connectivity index (χ0v) is 12.2. The standard InChI is InChI=1S/C14H23N3O3/c1-10-13(11(2)20-16-10)6-3-7-15-14(19)17-8-4-5-12(17)9-18/h12,18H,3-9H2,1-2H3,(H,15,19)/t12-/m0/s1. The molecule has 1 aliphatic heterocycles. The van der Waals surface area contributed by atoms with Crippen molar-refractivity contribution in [3.8, 4) is 0 Å². The van der Waals surface area contributed by atoms with Gasteiger partial charge in [0.05, 0.1) is 18.3 Å². The topological polar surface area (TPSA) is 78.6 Å². The number of rotatable bonds is 5. The summed E-state index contributed by atoms with van der Waals surface area (Å²) in [5.74, 6) is 0.855.